The molecule has 0 aliphatic rings. The lowest BCUT2D eigenvalue weighted by atomic mass is 10.2. The number of ether oxygens (including phenoxy) is 1. The van der Waals surface area contributed by atoms with Gasteiger partial charge >= 0.3 is 0 Å². The van der Waals surface area contributed by atoms with Crippen LogP contribution in [0.4, 0.5) is 11.8 Å². The lowest BCUT2D eigenvalue weighted by Crippen LogP contribution is -2.25. The molecule has 0 aliphatic carbocycles. The molecule has 1 aromatic heterocycles. The van der Waals surface area contributed by atoms with E-state index in [2.05, 4.69) is 27.5 Å². The minimum absolute atomic E-state index is 0.281. The van der Waals surface area contributed by atoms with E-state index in [1.165, 1.54) is 0 Å². The maximum absolute atomic E-state index is 5.14. The number of rotatable bonds is 6. The molecule has 0 aliphatic heterocycles. The molecule has 0 radical (unpaired) electrons. The molecule has 0 amide bonds. The van der Waals surface area contributed by atoms with Crippen molar-refractivity contribution in [2.75, 3.05) is 31.4 Å². The molecule has 0 aromatic carbocycles. The lowest BCUT2D eigenvalue weighted by molar-refractivity contribution is 0.184. The van der Waals surface area contributed by atoms with Crippen LogP contribution in [0.1, 0.15) is 18.9 Å². The molecular weight excluding hydrogens is 204 g/mol. The van der Waals surface area contributed by atoms with Crippen molar-refractivity contribution >= 4 is 11.8 Å². The number of anilines is 2. The van der Waals surface area contributed by atoms with E-state index < -0.39 is 0 Å². The summed E-state index contributed by atoms with van der Waals surface area (Å²) in [5.74, 6) is 1.49. The fourth-order valence-electron chi connectivity index (χ4n) is 1.36. The van der Waals surface area contributed by atoms with Crippen molar-refractivity contribution in [1.82, 2.24) is 9.97 Å². The summed E-state index contributed by atoms with van der Waals surface area (Å²) in [6.07, 6.45) is 2.80. The van der Waals surface area contributed by atoms with E-state index in [1.54, 1.807) is 20.4 Å². The SMILES string of the molecule is CCC(COC)Nc1nc(NC)ncc1C. The fourth-order valence-corrected chi connectivity index (χ4v) is 1.36. The molecule has 2 N–H and O–H groups in total. The van der Waals surface area contributed by atoms with Crippen molar-refractivity contribution in [3.05, 3.63) is 11.8 Å². The molecule has 90 valence electrons. The Balaban J connectivity index is 2.77. The van der Waals surface area contributed by atoms with Crippen LogP contribution in [0.3, 0.4) is 0 Å². The van der Waals surface area contributed by atoms with Gasteiger partial charge in [0, 0.05) is 25.9 Å². The normalized spacial score (nSPS) is 12.2. The molecule has 0 spiro atoms. The van der Waals surface area contributed by atoms with Gasteiger partial charge in [0.1, 0.15) is 5.82 Å². The van der Waals surface area contributed by atoms with Gasteiger partial charge in [-0.25, -0.2) is 4.98 Å². The molecule has 1 heterocycles. The number of hydrogen-bond donors (Lipinski definition) is 2. The number of aromatic nitrogens is 2. The van der Waals surface area contributed by atoms with Crippen LogP contribution in [0.5, 0.6) is 0 Å². The van der Waals surface area contributed by atoms with Gasteiger partial charge in [0.25, 0.3) is 0 Å². The zero-order valence-electron chi connectivity index (χ0n) is 10.4. The molecule has 0 saturated heterocycles. The second-order valence-corrected chi connectivity index (χ2v) is 3.68. The van der Waals surface area contributed by atoms with E-state index in [-0.39, 0.29) is 6.04 Å². The van der Waals surface area contributed by atoms with Crippen LogP contribution in [0.15, 0.2) is 6.20 Å². The van der Waals surface area contributed by atoms with Gasteiger partial charge in [0.15, 0.2) is 0 Å². The summed E-state index contributed by atoms with van der Waals surface area (Å²) >= 11 is 0. The van der Waals surface area contributed by atoms with Crippen LogP contribution in [0, 0.1) is 6.92 Å². The van der Waals surface area contributed by atoms with Crippen LogP contribution in [-0.4, -0.2) is 36.8 Å². The average molecular weight is 224 g/mol. The Morgan fingerprint density at radius 3 is 2.81 bits per heavy atom. The van der Waals surface area contributed by atoms with E-state index >= 15 is 0 Å². The van der Waals surface area contributed by atoms with E-state index in [0.29, 0.717) is 12.6 Å². The molecule has 1 unspecified atom stereocenters. The highest BCUT2D eigenvalue weighted by Gasteiger charge is 2.09. The molecule has 1 aromatic rings. The number of methoxy groups -OCH3 is 1. The Hall–Kier alpha value is -1.36. The summed E-state index contributed by atoms with van der Waals surface area (Å²) in [6, 6.07) is 0.281. The van der Waals surface area contributed by atoms with Gasteiger partial charge in [-0.1, -0.05) is 6.92 Å². The molecule has 0 fully saturated rings. The summed E-state index contributed by atoms with van der Waals surface area (Å²) in [4.78, 5) is 8.51. The first-order chi connectivity index (χ1) is 7.71. The summed E-state index contributed by atoms with van der Waals surface area (Å²) in [7, 11) is 3.51. The zero-order valence-corrected chi connectivity index (χ0v) is 10.4. The molecule has 0 saturated carbocycles. The summed E-state index contributed by atoms with van der Waals surface area (Å²) in [5, 5.41) is 6.28. The third-order valence-electron chi connectivity index (χ3n) is 2.40. The van der Waals surface area contributed by atoms with Gasteiger partial charge in [-0.3, -0.25) is 0 Å². The Bertz CT molecular complexity index is 330. The van der Waals surface area contributed by atoms with Crippen molar-refractivity contribution in [2.24, 2.45) is 0 Å². The monoisotopic (exact) mass is 224 g/mol. The maximum atomic E-state index is 5.14. The molecule has 16 heavy (non-hydrogen) atoms. The van der Waals surface area contributed by atoms with Gasteiger partial charge in [-0.15, -0.1) is 0 Å². The minimum atomic E-state index is 0.281. The number of nitrogens with zero attached hydrogens (tertiary/aromatic N) is 2. The van der Waals surface area contributed by atoms with Gasteiger partial charge < -0.3 is 15.4 Å². The molecule has 5 heteroatoms. The third-order valence-corrected chi connectivity index (χ3v) is 2.40. The van der Waals surface area contributed by atoms with Crippen molar-refractivity contribution in [3.8, 4) is 0 Å². The van der Waals surface area contributed by atoms with Crippen LogP contribution >= 0.6 is 0 Å². The lowest BCUT2D eigenvalue weighted by Gasteiger charge is -2.18. The molecular formula is C11H20N4O. The Labute approximate surface area is 96.6 Å². The summed E-state index contributed by atoms with van der Waals surface area (Å²) in [6.45, 7) is 4.78. The number of aryl methyl sites for hydroxylation is 1. The van der Waals surface area contributed by atoms with Crippen LogP contribution in [0.2, 0.25) is 0 Å². The van der Waals surface area contributed by atoms with Crippen molar-refractivity contribution in [1.29, 1.82) is 0 Å². The molecule has 0 bridgehead atoms. The first kappa shape index (κ1) is 12.7. The largest absolute Gasteiger partial charge is 0.383 e. The summed E-state index contributed by atoms with van der Waals surface area (Å²) in [5.41, 5.74) is 1.04. The second kappa shape index (κ2) is 6.27. The predicted molar refractivity (Wildman–Crippen MR) is 65.9 cm³/mol. The van der Waals surface area contributed by atoms with Gasteiger partial charge in [0.2, 0.25) is 5.95 Å². The van der Waals surface area contributed by atoms with Crippen molar-refractivity contribution in [3.63, 3.8) is 0 Å². The van der Waals surface area contributed by atoms with Gasteiger partial charge in [-0.05, 0) is 13.3 Å². The fraction of sp³-hybridized carbons (Fsp3) is 0.636. The van der Waals surface area contributed by atoms with Crippen molar-refractivity contribution < 1.29 is 4.74 Å². The molecule has 1 atom stereocenters. The first-order valence-electron chi connectivity index (χ1n) is 5.48. The number of nitrogens with one attached hydrogen (secondary N) is 2. The highest BCUT2D eigenvalue weighted by molar-refractivity contribution is 5.46. The Morgan fingerprint density at radius 1 is 1.50 bits per heavy atom. The summed E-state index contributed by atoms with van der Waals surface area (Å²) < 4.78 is 5.14. The quantitative estimate of drug-likeness (QED) is 0.769. The molecule has 5 nitrogen and oxygen atoms in total. The third kappa shape index (κ3) is 3.34. The van der Waals surface area contributed by atoms with Crippen LogP contribution in [0.25, 0.3) is 0 Å². The van der Waals surface area contributed by atoms with Gasteiger partial charge in [-0.2, -0.15) is 4.98 Å². The van der Waals surface area contributed by atoms with E-state index in [9.17, 15) is 0 Å². The first-order valence-corrected chi connectivity index (χ1v) is 5.48. The Morgan fingerprint density at radius 2 is 2.25 bits per heavy atom. The highest BCUT2D eigenvalue weighted by Crippen LogP contribution is 2.14. The van der Waals surface area contributed by atoms with Crippen LogP contribution in [-0.2, 0) is 4.74 Å². The van der Waals surface area contributed by atoms with Crippen molar-refractivity contribution in [2.45, 2.75) is 26.3 Å². The van der Waals surface area contributed by atoms with E-state index in [1.807, 2.05) is 6.92 Å². The Kier molecular flexibility index (Phi) is 4.98. The van der Waals surface area contributed by atoms with E-state index in [0.717, 1.165) is 17.8 Å². The highest BCUT2D eigenvalue weighted by atomic mass is 16.5. The second-order valence-electron chi connectivity index (χ2n) is 3.68. The average Bonchev–Trinajstić information content (AvgIpc) is 2.31. The smallest absolute Gasteiger partial charge is 0.224 e. The standard InChI is InChI=1S/C11H20N4O/c1-5-9(7-16-4)14-10-8(2)6-13-11(12-3)15-10/h6,9H,5,7H2,1-4H3,(H2,12,13,14,15). The van der Waals surface area contributed by atoms with Gasteiger partial charge in [0.05, 0.1) is 12.6 Å². The van der Waals surface area contributed by atoms with Crippen LogP contribution < -0.4 is 10.6 Å². The zero-order chi connectivity index (χ0) is 12.0. The predicted octanol–water partition coefficient (Wildman–Crippen LogP) is 1.66. The topological polar surface area (TPSA) is 59.1 Å². The minimum Gasteiger partial charge on any atom is -0.383 e. The number of hydrogen-bond acceptors (Lipinski definition) is 5. The molecule has 1 rings (SSSR count). The maximum Gasteiger partial charge on any atom is 0.224 e. The van der Waals surface area contributed by atoms with E-state index in [4.69, 9.17) is 4.74 Å².